The minimum absolute atomic E-state index is 0.111. The van der Waals surface area contributed by atoms with Crippen molar-refractivity contribution in [1.29, 1.82) is 0 Å². The van der Waals surface area contributed by atoms with E-state index in [0.717, 1.165) is 12.1 Å². The van der Waals surface area contributed by atoms with Crippen LogP contribution >= 0.6 is 0 Å². The summed E-state index contributed by atoms with van der Waals surface area (Å²) in [5.74, 6) is -2.16. The number of nitrogens with one attached hydrogen (secondary N) is 1. The second-order valence-electron chi connectivity index (χ2n) is 7.17. The van der Waals surface area contributed by atoms with E-state index in [1.165, 1.54) is 35.2 Å². The number of ketones is 1. The highest BCUT2D eigenvalue weighted by molar-refractivity contribution is 6.10. The summed E-state index contributed by atoms with van der Waals surface area (Å²) in [6.07, 6.45) is -4.47. The molecule has 3 amide bonds. The summed E-state index contributed by atoms with van der Waals surface area (Å²) in [5.41, 5.74) is 1.31. The van der Waals surface area contributed by atoms with E-state index in [2.05, 4.69) is 10.1 Å². The van der Waals surface area contributed by atoms with Gasteiger partial charge >= 0.3 is 6.36 Å². The van der Waals surface area contributed by atoms with Crippen LogP contribution in [0, 0.1) is 0 Å². The molecule has 4 rings (SSSR count). The molecule has 31 heavy (non-hydrogen) atoms. The first-order chi connectivity index (χ1) is 14.6. The summed E-state index contributed by atoms with van der Waals surface area (Å²) >= 11 is 0. The maximum Gasteiger partial charge on any atom is 0.573 e. The van der Waals surface area contributed by atoms with E-state index in [0.29, 0.717) is 11.1 Å². The van der Waals surface area contributed by atoms with Gasteiger partial charge in [-0.25, -0.2) is 0 Å². The second-order valence-corrected chi connectivity index (χ2v) is 7.17. The van der Waals surface area contributed by atoms with Crippen LogP contribution in [0.25, 0.3) is 0 Å². The van der Waals surface area contributed by atoms with Gasteiger partial charge in [-0.3, -0.25) is 24.5 Å². The summed E-state index contributed by atoms with van der Waals surface area (Å²) < 4.78 is 40.6. The first kappa shape index (κ1) is 20.6. The molecule has 2 aliphatic rings. The maximum absolute atomic E-state index is 12.7. The fourth-order valence-corrected chi connectivity index (χ4v) is 3.69. The summed E-state index contributed by atoms with van der Waals surface area (Å²) in [7, 11) is 0. The SMILES string of the molecule is O=C1CCC(N2Cc3cc(C(=O)c4ccc(OC(F)(F)F)cc4)ccc3C2=O)C(=O)N1. The molecule has 7 nitrogen and oxygen atoms in total. The summed E-state index contributed by atoms with van der Waals surface area (Å²) in [5, 5.41) is 2.22. The first-order valence-corrected chi connectivity index (χ1v) is 9.30. The second kappa shape index (κ2) is 7.53. The molecule has 0 aliphatic carbocycles. The number of amides is 3. The Morgan fingerprint density at radius 1 is 1.03 bits per heavy atom. The van der Waals surface area contributed by atoms with Gasteiger partial charge < -0.3 is 9.64 Å². The Morgan fingerprint density at radius 3 is 2.35 bits per heavy atom. The van der Waals surface area contributed by atoms with E-state index in [4.69, 9.17) is 0 Å². The summed E-state index contributed by atoms with van der Waals surface area (Å²) in [4.78, 5) is 50.2. The van der Waals surface area contributed by atoms with Crippen molar-refractivity contribution >= 4 is 23.5 Å². The Hall–Kier alpha value is -3.69. The monoisotopic (exact) mass is 432 g/mol. The molecular weight excluding hydrogens is 417 g/mol. The molecule has 1 saturated heterocycles. The van der Waals surface area contributed by atoms with Crippen LogP contribution in [0.2, 0.25) is 0 Å². The van der Waals surface area contributed by atoms with E-state index in [1.54, 1.807) is 0 Å². The number of alkyl halides is 3. The Kier molecular flexibility index (Phi) is 5.00. The molecule has 0 spiro atoms. The number of hydrogen-bond donors (Lipinski definition) is 1. The van der Waals surface area contributed by atoms with Gasteiger partial charge in [-0.15, -0.1) is 13.2 Å². The highest BCUT2D eigenvalue weighted by atomic mass is 19.4. The third-order valence-corrected chi connectivity index (χ3v) is 5.14. The lowest BCUT2D eigenvalue weighted by molar-refractivity contribution is -0.274. The number of hydrogen-bond acceptors (Lipinski definition) is 5. The molecule has 0 aromatic heterocycles. The number of carbonyl (C=O) groups is 4. The van der Waals surface area contributed by atoms with Crippen molar-refractivity contribution in [1.82, 2.24) is 10.2 Å². The number of nitrogens with zero attached hydrogens (tertiary/aromatic N) is 1. The average molecular weight is 432 g/mol. The van der Waals surface area contributed by atoms with Crippen LogP contribution in [0.5, 0.6) is 5.75 Å². The van der Waals surface area contributed by atoms with Gasteiger partial charge in [0.15, 0.2) is 5.78 Å². The van der Waals surface area contributed by atoms with Gasteiger partial charge in [0.2, 0.25) is 11.8 Å². The molecule has 0 bridgehead atoms. The maximum atomic E-state index is 12.7. The van der Waals surface area contributed by atoms with E-state index in [-0.39, 0.29) is 42.3 Å². The molecule has 1 fully saturated rings. The molecule has 0 saturated carbocycles. The number of ether oxygens (including phenoxy) is 1. The minimum atomic E-state index is -4.83. The molecule has 1 unspecified atom stereocenters. The van der Waals surface area contributed by atoms with Gasteiger partial charge in [-0.05, 0) is 48.4 Å². The Balaban J connectivity index is 1.52. The molecule has 2 heterocycles. The van der Waals surface area contributed by atoms with Gasteiger partial charge in [0, 0.05) is 29.7 Å². The standard InChI is InChI=1S/C21H15F3N2O5/c22-21(23,24)31-14-4-1-11(2-5-14)18(28)12-3-6-15-13(9-12)10-26(20(15)30)16-7-8-17(27)25-19(16)29/h1-6,9,16H,7-8,10H2,(H,25,27,29). The van der Waals surface area contributed by atoms with Gasteiger partial charge in [0.25, 0.3) is 5.91 Å². The Morgan fingerprint density at radius 2 is 1.71 bits per heavy atom. The zero-order valence-electron chi connectivity index (χ0n) is 15.9. The van der Waals surface area contributed by atoms with Gasteiger partial charge in [0.05, 0.1) is 0 Å². The smallest absolute Gasteiger partial charge is 0.406 e. The molecule has 10 heteroatoms. The van der Waals surface area contributed by atoms with Crippen LogP contribution in [-0.2, 0) is 16.1 Å². The predicted octanol–water partition coefficient (Wildman–Crippen LogP) is 2.58. The zero-order chi connectivity index (χ0) is 22.3. The fraction of sp³-hybridized carbons (Fsp3) is 0.238. The normalized spacial score (nSPS) is 18.6. The molecule has 0 radical (unpaired) electrons. The van der Waals surface area contributed by atoms with Crippen molar-refractivity contribution < 1.29 is 37.1 Å². The average Bonchev–Trinajstić information content (AvgIpc) is 3.02. The first-order valence-electron chi connectivity index (χ1n) is 9.30. The third-order valence-electron chi connectivity index (χ3n) is 5.14. The summed E-state index contributed by atoms with van der Waals surface area (Å²) in [6.45, 7) is 0.111. The molecule has 2 aromatic carbocycles. The molecular formula is C21H15F3N2O5. The van der Waals surface area contributed by atoms with Crippen LogP contribution in [0.4, 0.5) is 13.2 Å². The number of rotatable bonds is 4. The lowest BCUT2D eigenvalue weighted by Crippen LogP contribution is -2.52. The van der Waals surface area contributed by atoms with Crippen molar-refractivity contribution in [3.63, 3.8) is 0 Å². The Bertz CT molecular complexity index is 1100. The molecule has 1 atom stereocenters. The van der Waals surface area contributed by atoms with E-state index < -0.39 is 29.8 Å². The van der Waals surface area contributed by atoms with Crippen molar-refractivity contribution in [2.75, 3.05) is 0 Å². The molecule has 160 valence electrons. The Labute approximate surface area is 173 Å². The number of benzene rings is 2. The van der Waals surface area contributed by atoms with E-state index in [9.17, 15) is 32.3 Å². The minimum Gasteiger partial charge on any atom is -0.406 e. The van der Waals surface area contributed by atoms with Crippen LogP contribution < -0.4 is 10.1 Å². The predicted molar refractivity (Wildman–Crippen MR) is 99.0 cm³/mol. The van der Waals surface area contributed by atoms with Crippen LogP contribution in [0.15, 0.2) is 42.5 Å². The highest BCUT2D eigenvalue weighted by Gasteiger charge is 2.39. The van der Waals surface area contributed by atoms with E-state index in [1.807, 2.05) is 0 Å². The molecule has 2 aliphatic heterocycles. The zero-order valence-corrected chi connectivity index (χ0v) is 15.9. The van der Waals surface area contributed by atoms with Gasteiger partial charge in [-0.1, -0.05) is 6.07 Å². The number of piperidine rings is 1. The number of halogens is 3. The summed E-state index contributed by atoms with van der Waals surface area (Å²) in [6, 6.07) is 8.23. The van der Waals surface area contributed by atoms with Crippen LogP contribution in [-0.4, -0.2) is 40.8 Å². The highest BCUT2D eigenvalue weighted by Crippen LogP contribution is 2.29. The molecule has 2 aromatic rings. The quantitative estimate of drug-likeness (QED) is 0.592. The number of fused-ring (bicyclic) bond motifs is 1. The molecule has 1 N–H and O–H groups in total. The lowest BCUT2D eigenvalue weighted by atomic mass is 9.99. The van der Waals surface area contributed by atoms with Gasteiger partial charge in [-0.2, -0.15) is 0 Å². The van der Waals surface area contributed by atoms with Crippen molar-refractivity contribution in [3.8, 4) is 5.75 Å². The fourth-order valence-electron chi connectivity index (χ4n) is 3.69. The van der Waals surface area contributed by atoms with Crippen molar-refractivity contribution in [2.24, 2.45) is 0 Å². The van der Waals surface area contributed by atoms with E-state index >= 15 is 0 Å². The lowest BCUT2D eigenvalue weighted by Gasteiger charge is -2.29. The van der Waals surface area contributed by atoms with Crippen molar-refractivity contribution in [3.05, 3.63) is 64.7 Å². The number of carbonyl (C=O) groups excluding carboxylic acids is 4. The third kappa shape index (κ3) is 4.14. The van der Waals surface area contributed by atoms with Gasteiger partial charge in [0.1, 0.15) is 11.8 Å². The largest absolute Gasteiger partial charge is 0.573 e. The van der Waals surface area contributed by atoms with Crippen LogP contribution in [0.3, 0.4) is 0 Å². The van der Waals surface area contributed by atoms with Crippen molar-refractivity contribution in [2.45, 2.75) is 31.8 Å². The van der Waals surface area contributed by atoms with Crippen LogP contribution in [0.1, 0.15) is 44.7 Å². The topological polar surface area (TPSA) is 92.8 Å². The number of imide groups is 1.